The number of halogens is 1. The zero-order valence-electron chi connectivity index (χ0n) is 15.7. The van der Waals surface area contributed by atoms with Crippen LogP contribution in [0.5, 0.6) is 5.75 Å². The molecule has 1 aliphatic heterocycles. The highest BCUT2D eigenvalue weighted by molar-refractivity contribution is 7.89. The maximum atomic E-state index is 13.0. The fourth-order valence-electron chi connectivity index (χ4n) is 3.01. The Hall–Kier alpha value is -1.35. The van der Waals surface area contributed by atoms with E-state index in [1.165, 1.54) is 16.4 Å². The molecular weight excluding hydrogens is 392 g/mol. The average Bonchev–Trinajstić information content (AvgIpc) is 2.67. The summed E-state index contributed by atoms with van der Waals surface area (Å²) < 4.78 is 37.6. The van der Waals surface area contributed by atoms with Crippen molar-refractivity contribution >= 4 is 27.5 Å². The molecule has 9 heteroatoms. The highest BCUT2D eigenvalue weighted by Crippen LogP contribution is 2.30. The molecule has 0 saturated carbocycles. The minimum atomic E-state index is -3.72. The quantitative estimate of drug-likeness (QED) is 0.622. The molecular formula is C18H27ClN2O5S. The van der Waals surface area contributed by atoms with Crippen LogP contribution in [0, 0.1) is 5.92 Å². The summed E-state index contributed by atoms with van der Waals surface area (Å²) >= 11 is 6.13. The summed E-state index contributed by atoms with van der Waals surface area (Å²) in [6, 6.07) is 4.44. The molecule has 1 aliphatic rings. The van der Waals surface area contributed by atoms with Crippen molar-refractivity contribution in [2.75, 3.05) is 40.0 Å². The smallest absolute Gasteiger partial charge is 0.243 e. The third kappa shape index (κ3) is 5.81. The predicted octanol–water partition coefficient (Wildman–Crippen LogP) is 2.29. The number of ether oxygens (including phenoxy) is 2. The van der Waals surface area contributed by atoms with E-state index in [1.54, 1.807) is 13.2 Å². The molecule has 1 aromatic carbocycles. The molecule has 0 aromatic heterocycles. The summed E-state index contributed by atoms with van der Waals surface area (Å²) in [4.78, 5) is 12.4. The van der Waals surface area contributed by atoms with Gasteiger partial charge in [0.2, 0.25) is 15.9 Å². The van der Waals surface area contributed by atoms with Crippen LogP contribution in [0.4, 0.5) is 0 Å². The number of carbonyl (C=O) groups excluding carboxylic acids is 1. The predicted molar refractivity (Wildman–Crippen MR) is 104 cm³/mol. The molecule has 1 atom stereocenters. The Labute approximate surface area is 166 Å². The normalized spacial score (nSPS) is 18.3. The first-order valence-corrected chi connectivity index (χ1v) is 10.9. The van der Waals surface area contributed by atoms with Gasteiger partial charge >= 0.3 is 0 Å². The minimum Gasteiger partial charge on any atom is -0.492 e. The molecule has 0 spiro atoms. The van der Waals surface area contributed by atoms with Crippen molar-refractivity contribution in [3.63, 3.8) is 0 Å². The van der Waals surface area contributed by atoms with Crippen LogP contribution >= 0.6 is 11.6 Å². The molecule has 1 N–H and O–H groups in total. The molecule has 0 aliphatic carbocycles. The van der Waals surface area contributed by atoms with Gasteiger partial charge in [0.1, 0.15) is 5.75 Å². The zero-order valence-corrected chi connectivity index (χ0v) is 17.3. The molecule has 1 saturated heterocycles. The number of nitrogens with zero attached hydrogens (tertiary/aromatic N) is 1. The van der Waals surface area contributed by atoms with Crippen LogP contribution in [0.25, 0.3) is 0 Å². The van der Waals surface area contributed by atoms with Gasteiger partial charge in [-0.15, -0.1) is 0 Å². The van der Waals surface area contributed by atoms with Gasteiger partial charge < -0.3 is 14.8 Å². The van der Waals surface area contributed by atoms with E-state index in [-0.39, 0.29) is 28.3 Å². The Morgan fingerprint density at radius 3 is 2.85 bits per heavy atom. The molecule has 152 valence electrons. The monoisotopic (exact) mass is 418 g/mol. The lowest BCUT2D eigenvalue weighted by Gasteiger charge is -2.31. The van der Waals surface area contributed by atoms with Crippen LogP contribution in [0.3, 0.4) is 0 Å². The number of methoxy groups -OCH3 is 1. The van der Waals surface area contributed by atoms with Gasteiger partial charge in [-0.1, -0.05) is 11.6 Å². The van der Waals surface area contributed by atoms with Gasteiger partial charge in [0.15, 0.2) is 0 Å². The molecule has 0 bridgehead atoms. The van der Waals surface area contributed by atoms with E-state index in [1.807, 2.05) is 6.92 Å². The fraction of sp³-hybridized carbons (Fsp3) is 0.611. The fourth-order valence-corrected chi connectivity index (χ4v) is 4.86. The van der Waals surface area contributed by atoms with Gasteiger partial charge in [0.05, 0.1) is 22.4 Å². The lowest BCUT2D eigenvalue weighted by atomic mass is 9.99. The van der Waals surface area contributed by atoms with Gasteiger partial charge in [-0.05, 0) is 44.4 Å². The first kappa shape index (κ1) is 21.9. The zero-order chi connectivity index (χ0) is 19.9. The van der Waals surface area contributed by atoms with Crippen LogP contribution in [-0.4, -0.2) is 58.6 Å². The number of carbonyl (C=O) groups is 1. The summed E-state index contributed by atoms with van der Waals surface area (Å²) in [5.41, 5.74) is 0. The summed E-state index contributed by atoms with van der Waals surface area (Å²) in [5, 5.41) is 3.10. The Balaban J connectivity index is 2.05. The van der Waals surface area contributed by atoms with Crippen LogP contribution in [-0.2, 0) is 19.6 Å². The number of amides is 1. The summed E-state index contributed by atoms with van der Waals surface area (Å²) in [7, 11) is -2.11. The van der Waals surface area contributed by atoms with Crippen LogP contribution < -0.4 is 10.1 Å². The van der Waals surface area contributed by atoms with E-state index < -0.39 is 10.0 Å². The van der Waals surface area contributed by atoms with E-state index in [2.05, 4.69) is 5.32 Å². The van der Waals surface area contributed by atoms with Crippen LogP contribution in [0.15, 0.2) is 23.1 Å². The van der Waals surface area contributed by atoms with Crippen molar-refractivity contribution in [1.82, 2.24) is 9.62 Å². The maximum Gasteiger partial charge on any atom is 0.243 e. The van der Waals surface area contributed by atoms with E-state index in [9.17, 15) is 13.2 Å². The SMILES string of the molecule is CCOc1ccc(S(=O)(=O)N2CCCC(C(=O)NCCCOC)C2)cc1Cl. The van der Waals surface area contributed by atoms with E-state index in [0.717, 1.165) is 6.42 Å². The Kier molecular flexibility index (Phi) is 8.34. The molecule has 7 nitrogen and oxygen atoms in total. The van der Waals surface area contributed by atoms with Gasteiger partial charge in [0, 0.05) is 33.4 Å². The van der Waals surface area contributed by atoms with Crippen LogP contribution in [0.2, 0.25) is 5.02 Å². The van der Waals surface area contributed by atoms with Crippen LogP contribution in [0.1, 0.15) is 26.2 Å². The second-order valence-electron chi connectivity index (χ2n) is 6.36. The third-order valence-corrected chi connectivity index (χ3v) is 6.58. The number of nitrogens with one attached hydrogen (secondary N) is 1. The third-order valence-electron chi connectivity index (χ3n) is 4.42. The van der Waals surface area contributed by atoms with Gasteiger partial charge in [-0.3, -0.25) is 4.79 Å². The summed E-state index contributed by atoms with van der Waals surface area (Å²) in [6.07, 6.45) is 2.04. The van der Waals surface area contributed by atoms with Gasteiger partial charge in [-0.2, -0.15) is 4.31 Å². The lowest BCUT2D eigenvalue weighted by molar-refractivity contribution is -0.126. The summed E-state index contributed by atoms with van der Waals surface area (Å²) in [6.45, 7) is 3.92. The number of hydrogen-bond donors (Lipinski definition) is 1. The number of rotatable bonds is 9. The minimum absolute atomic E-state index is 0.108. The van der Waals surface area contributed by atoms with Crippen molar-refractivity contribution in [3.05, 3.63) is 23.2 Å². The van der Waals surface area contributed by atoms with Gasteiger partial charge in [-0.25, -0.2) is 8.42 Å². The second-order valence-corrected chi connectivity index (χ2v) is 8.71. The first-order chi connectivity index (χ1) is 12.9. The van der Waals surface area contributed by atoms with E-state index in [0.29, 0.717) is 44.9 Å². The number of sulfonamides is 1. The van der Waals surface area contributed by atoms with Crippen molar-refractivity contribution in [2.45, 2.75) is 31.1 Å². The molecule has 1 heterocycles. The number of piperidine rings is 1. The molecule has 1 aromatic rings. The average molecular weight is 419 g/mol. The Bertz CT molecular complexity index is 741. The van der Waals surface area contributed by atoms with Crippen molar-refractivity contribution in [1.29, 1.82) is 0 Å². The molecule has 1 amide bonds. The standard InChI is InChI=1S/C18H27ClN2O5S/c1-3-26-17-8-7-15(12-16(17)19)27(23,24)21-10-4-6-14(13-21)18(22)20-9-5-11-25-2/h7-8,12,14H,3-6,9-11,13H2,1-2H3,(H,20,22). The van der Waals surface area contributed by atoms with Crippen molar-refractivity contribution in [2.24, 2.45) is 5.92 Å². The Morgan fingerprint density at radius 2 is 2.19 bits per heavy atom. The van der Waals surface area contributed by atoms with Gasteiger partial charge in [0.25, 0.3) is 0 Å². The number of benzene rings is 1. The highest BCUT2D eigenvalue weighted by Gasteiger charge is 2.33. The molecule has 1 fully saturated rings. The number of hydrogen-bond acceptors (Lipinski definition) is 5. The highest BCUT2D eigenvalue weighted by atomic mass is 35.5. The van der Waals surface area contributed by atoms with Crippen molar-refractivity contribution in [3.8, 4) is 5.75 Å². The largest absolute Gasteiger partial charge is 0.492 e. The molecule has 2 rings (SSSR count). The van der Waals surface area contributed by atoms with E-state index in [4.69, 9.17) is 21.1 Å². The Morgan fingerprint density at radius 1 is 1.41 bits per heavy atom. The molecule has 1 unspecified atom stereocenters. The maximum absolute atomic E-state index is 13.0. The molecule has 27 heavy (non-hydrogen) atoms. The summed E-state index contributed by atoms with van der Waals surface area (Å²) in [5.74, 6) is -0.0185. The second kappa shape index (κ2) is 10.3. The molecule has 0 radical (unpaired) electrons. The first-order valence-electron chi connectivity index (χ1n) is 9.09. The lowest BCUT2D eigenvalue weighted by Crippen LogP contribution is -2.45. The topological polar surface area (TPSA) is 84.9 Å². The van der Waals surface area contributed by atoms with E-state index >= 15 is 0 Å². The van der Waals surface area contributed by atoms with Crippen molar-refractivity contribution < 1.29 is 22.7 Å².